The number of amides is 1. The van der Waals surface area contributed by atoms with Crippen molar-refractivity contribution in [1.82, 2.24) is 4.31 Å². The van der Waals surface area contributed by atoms with Gasteiger partial charge in [-0.2, -0.15) is 4.31 Å². The highest BCUT2D eigenvalue weighted by Crippen LogP contribution is 2.26. The average molecular weight is 500 g/mol. The Morgan fingerprint density at radius 1 is 1.07 bits per heavy atom. The van der Waals surface area contributed by atoms with Crippen LogP contribution in [0.5, 0.6) is 5.75 Å². The van der Waals surface area contributed by atoms with E-state index in [-0.39, 0.29) is 16.7 Å². The summed E-state index contributed by atoms with van der Waals surface area (Å²) in [7, 11) is -2.02. The first-order valence-corrected chi connectivity index (χ1v) is 11.1. The molecule has 27 heavy (non-hydrogen) atoms. The second-order valence-electron chi connectivity index (χ2n) is 6.35. The Kier molecular flexibility index (Phi) is 6.38. The van der Waals surface area contributed by atoms with Crippen molar-refractivity contribution < 1.29 is 17.9 Å². The quantitative estimate of drug-likeness (QED) is 0.640. The van der Waals surface area contributed by atoms with E-state index < -0.39 is 10.0 Å². The van der Waals surface area contributed by atoms with Gasteiger partial charge in [-0.1, -0.05) is 0 Å². The molecular formula is C19H21IN2O4S. The summed E-state index contributed by atoms with van der Waals surface area (Å²) < 4.78 is 33.2. The predicted octanol–water partition coefficient (Wildman–Crippen LogP) is 3.34. The number of carbonyl (C=O) groups excluding carboxylic acids is 1. The standard InChI is InChI=1S/C19H21IN2O4S/c1-26-17-6-8-18(9-7-17)27(24,25)22-12-10-14(11-13-22)19(23)21-16-4-2-15(20)3-5-16/h2-9,14H,10-13H2,1H3,(H,21,23). The number of rotatable bonds is 5. The molecule has 144 valence electrons. The van der Waals surface area contributed by atoms with Gasteiger partial charge in [0, 0.05) is 28.3 Å². The van der Waals surface area contributed by atoms with Crippen molar-refractivity contribution in [3.05, 3.63) is 52.1 Å². The van der Waals surface area contributed by atoms with Gasteiger partial charge in [-0.25, -0.2) is 8.42 Å². The molecule has 0 aromatic heterocycles. The zero-order valence-corrected chi connectivity index (χ0v) is 17.9. The lowest BCUT2D eigenvalue weighted by molar-refractivity contribution is -0.120. The number of benzene rings is 2. The van der Waals surface area contributed by atoms with Crippen LogP contribution in [0.1, 0.15) is 12.8 Å². The molecule has 1 fully saturated rings. The van der Waals surface area contributed by atoms with Gasteiger partial charge >= 0.3 is 0 Å². The molecule has 0 saturated carbocycles. The molecule has 1 saturated heterocycles. The Bertz CT molecular complexity index is 890. The zero-order valence-electron chi connectivity index (χ0n) is 14.9. The Labute approximate surface area is 173 Å². The minimum atomic E-state index is -3.55. The summed E-state index contributed by atoms with van der Waals surface area (Å²) in [5.41, 5.74) is 0.758. The number of hydrogen-bond donors (Lipinski definition) is 1. The molecular weight excluding hydrogens is 479 g/mol. The first-order valence-electron chi connectivity index (χ1n) is 8.61. The highest BCUT2D eigenvalue weighted by atomic mass is 127. The van der Waals surface area contributed by atoms with Gasteiger partial charge in [-0.15, -0.1) is 0 Å². The molecule has 0 atom stereocenters. The van der Waals surface area contributed by atoms with Crippen LogP contribution in [0.25, 0.3) is 0 Å². The van der Waals surface area contributed by atoms with E-state index in [4.69, 9.17) is 4.74 Å². The van der Waals surface area contributed by atoms with Crippen molar-refractivity contribution in [2.45, 2.75) is 17.7 Å². The molecule has 0 radical (unpaired) electrons. The molecule has 1 heterocycles. The second kappa shape index (κ2) is 8.57. The summed E-state index contributed by atoms with van der Waals surface area (Å²) in [6.45, 7) is 0.665. The molecule has 0 unspecified atom stereocenters. The molecule has 1 aliphatic rings. The SMILES string of the molecule is COc1ccc(S(=O)(=O)N2CCC(C(=O)Nc3ccc(I)cc3)CC2)cc1. The highest BCUT2D eigenvalue weighted by molar-refractivity contribution is 14.1. The molecule has 8 heteroatoms. The largest absolute Gasteiger partial charge is 0.497 e. The molecule has 3 rings (SSSR count). The summed E-state index contributed by atoms with van der Waals surface area (Å²) in [5.74, 6) is 0.365. The van der Waals surface area contributed by atoms with E-state index in [0.717, 1.165) is 9.26 Å². The van der Waals surface area contributed by atoms with Crippen molar-refractivity contribution in [3.63, 3.8) is 0 Å². The molecule has 1 amide bonds. The van der Waals surface area contributed by atoms with Crippen molar-refractivity contribution in [1.29, 1.82) is 0 Å². The van der Waals surface area contributed by atoms with Gasteiger partial charge in [0.1, 0.15) is 5.75 Å². The van der Waals surface area contributed by atoms with Crippen LogP contribution in [0.2, 0.25) is 0 Å². The smallest absolute Gasteiger partial charge is 0.243 e. The van der Waals surface area contributed by atoms with Gasteiger partial charge in [0.2, 0.25) is 15.9 Å². The summed E-state index contributed by atoms with van der Waals surface area (Å²) in [6, 6.07) is 13.9. The van der Waals surface area contributed by atoms with E-state index in [1.165, 1.54) is 11.4 Å². The number of sulfonamides is 1. The normalized spacial score (nSPS) is 16.1. The van der Waals surface area contributed by atoms with Crippen LogP contribution in [0, 0.1) is 9.49 Å². The maximum Gasteiger partial charge on any atom is 0.243 e. The minimum absolute atomic E-state index is 0.0577. The monoisotopic (exact) mass is 500 g/mol. The molecule has 6 nitrogen and oxygen atoms in total. The maximum atomic E-state index is 12.8. The van der Waals surface area contributed by atoms with E-state index >= 15 is 0 Å². The Morgan fingerprint density at radius 3 is 2.22 bits per heavy atom. The van der Waals surface area contributed by atoms with E-state index in [1.54, 1.807) is 24.3 Å². The summed E-state index contributed by atoms with van der Waals surface area (Å²) in [5, 5.41) is 2.91. The molecule has 2 aromatic rings. The van der Waals surface area contributed by atoms with Crippen LogP contribution in [0.15, 0.2) is 53.4 Å². The van der Waals surface area contributed by atoms with Gasteiger partial charge in [0.05, 0.1) is 12.0 Å². The van der Waals surface area contributed by atoms with Crippen molar-refractivity contribution in [2.24, 2.45) is 5.92 Å². The zero-order chi connectivity index (χ0) is 19.4. The number of carbonyl (C=O) groups is 1. The number of nitrogens with zero attached hydrogens (tertiary/aromatic N) is 1. The number of methoxy groups -OCH3 is 1. The average Bonchev–Trinajstić information content (AvgIpc) is 2.70. The van der Waals surface area contributed by atoms with Crippen LogP contribution in [0.4, 0.5) is 5.69 Å². The third-order valence-electron chi connectivity index (χ3n) is 4.63. The lowest BCUT2D eigenvalue weighted by Crippen LogP contribution is -2.41. The predicted molar refractivity (Wildman–Crippen MR) is 112 cm³/mol. The molecule has 2 aromatic carbocycles. The fourth-order valence-corrected chi connectivity index (χ4v) is 4.86. The van der Waals surface area contributed by atoms with Gasteiger partial charge in [-0.3, -0.25) is 4.79 Å². The van der Waals surface area contributed by atoms with E-state index in [2.05, 4.69) is 27.9 Å². The van der Waals surface area contributed by atoms with Crippen LogP contribution < -0.4 is 10.1 Å². The van der Waals surface area contributed by atoms with E-state index in [0.29, 0.717) is 31.7 Å². The first-order chi connectivity index (χ1) is 12.9. The summed E-state index contributed by atoms with van der Waals surface area (Å²) in [4.78, 5) is 12.7. The molecule has 0 spiro atoms. The third-order valence-corrected chi connectivity index (χ3v) is 7.27. The van der Waals surface area contributed by atoms with Gasteiger partial charge < -0.3 is 10.1 Å². The number of nitrogens with one attached hydrogen (secondary N) is 1. The minimum Gasteiger partial charge on any atom is -0.497 e. The fourth-order valence-electron chi connectivity index (χ4n) is 3.03. The second-order valence-corrected chi connectivity index (χ2v) is 9.53. The van der Waals surface area contributed by atoms with Crippen molar-refractivity contribution >= 4 is 44.2 Å². The van der Waals surface area contributed by atoms with Crippen molar-refractivity contribution in [3.8, 4) is 5.75 Å². The summed E-state index contributed by atoms with van der Waals surface area (Å²) >= 11 is 2.21. The molecule has 1 N–H and O–H groups in total. The summed E-state index contributed by atoms with van der Waals surface area (Å²) in [6.07, 6.45) is 1.01. The molecule has 0 aliphatic carbocycles. The number of halogens is 1. The maximum absolute atomic E-state index is 12.8. The third kappa shape index (κ3) is 4.80. The van der Waals surface area contributed by atoms with Crippen LogP contribution in [-0.4, -0.2) is 38.8 Å². The van der Waals surface area contributed by atoms with Gasteiger partial charge in [-0.05, 0) is 84.0 Å². The highest BCUT2D eigenvalue weighted by Gasteiger charge is 2.32. The van der Waals surface area contributed by atoms with Crippen LogP contribution >= 0.6 is 22.6 Å². The van der Waals surface area contributed by atoms with Gasteiger partial charge in [0.15, 0.2) is 0 Å². The fraction of sp³-hybridized carbons (Fsp3) is 0.316. The van der Waals surface area contributed by atoms with Crippen molar-refractivity contribution in [2.75, 3.05) is 25.5 Å². The number of ether oxygens (including phenoxy) is 1. The number of anilines is 1. The number of piperidine rings is 1. The lowest BCUT2D eigenvalue weighted by atomic mass is 9.97. The lowest BCUT2D eigenvalue weighted by Gasteiger charge is -2.30. The Morgan fingerprint density at radius 2 is 1.67 bits per heavy atom. The van der Waals surface area contributed by atoms with Crippen LogP contribution in [0.3, 0.4) is 0 Å². The molecule has 0 bridgehead atoms. The van der Waals surface area contributed by atoms with Crippen LogP contribution in [-0.2, 0) is 14.8 Å². The topological polar surface area (TPSA) is 75.7 Å². The molecule has 1 aliphatic heterocycles. The Hall–Kier alpha value is -1.65. The Balaban J connectivity index is 1.60. The number of hydrogen-bond acceptors (Lipinski definition) is 4. The van der Waals surface area contributed by atoms with Gasteiger partial charge in [0.25, 0.3) is 0 Å². The van der Waals surface area contributed by atoms with E-state index in [9.17, 15) is 13.2 Å². The first kappa shape index (κ1) is 20.1. The van der Waals surface area contributed by atoms with E-state index in [1.807, 2.05) is 24.3 Å².